The summed E-state index contributed by atoms with van der Waals surface area (Å²) >= 11 is 0. The van der Waals surface area contributed by atoms with Crippen molar-refractivity contribution in [2.45, 2.75) is 13.0 Å². The first-order valence-electron chi connectivity index (χ1n) is 6.63. The molecule has 1 aliphatic rings. The Bertz CT molecular complexity index is 660. The van der Waals surface area contributed by atoms with Gasteiger partial charge in [0.05, 0.1) is 12.8 Å². The van der Waals surface area contributed by atoms with E-state index in [2.05, 4.69) is 15.6 Å². The van der Waals surface area contributed by atoms with Crippen molar-refractivity contribution in [2.24, 2.45) is 0 Å². The van der Waals surface area contributed by atoms with Gasteiger partial charge in [0, 0.05) is 25.4 Å². The van der Waals surface area contributed by atoms with Gasteiger partial charge in [-0.2, -0.15) is 0 Å². The summed E-state index contributed by atoms with van der Waals surface area (Å²) in [5, 5.41) is 5.81. The Kier molecular flexibility index (Phi) is 3.47. The molecule has 0 atom stereocenters. The summed E-state index contributed by atoms with van der Waals surface area (Å²) in [6.07, 6.45) is 2.70. The van der Waals surface area contributed by atoms with E-state index >= 15 is 0 Å². The number of ether oxygens (including phenoxy) is 1. The van der Waals surface area contributed by atoms with Gasteiger partial charge in [0.1, 0.15) is 17.3 Å². The van der Waals surface area contributed by atoms with Crippen LogP contribution < -0.4 is 15.4 Å². The maximum Gasteiger partial charge on any atom is 0.276 e. The molecule has 0 saturated carbocycles. The van der Waals surface area contributed by atoms with Crippen LogP contribution in [0.1, 0.15) is 16.9 Å². The quantitative estimate of drug-likeness (QED) is 0.908. The van der Waals surface area contributed by atoms with Gasteiger partial charge < -0.3 is 19.9 Å². The molecule has 1 aliphatic heterocycles. The van der Waals surface area contributed by atoms with Gasteiger partial charge in [-0.15, -0.1) is 0 Å². The lowest BCUT2D eigenvalue weighted by Crippen LogP contribution is -2.16. The first kappa shape index (κ1) is 13.4. The van der Waals surface area contributed by atoms with Gasteiger partial charge >= 0.3 is 0 Å². The zero-order valence-electron chi connectivity index (χ0n) is 11.5. The first-order valence-corrected chi connectivity index (χ1v) is 6.63. The van der Waals surface area contributed by atoms with Crippen LogP contribution >= 0.6 is 0 Å². The number of rotatable bonds is 3. The third-order valence-corrected chi connectivity index (χ3v) is 3.28. The molecule has 21 heavy (non-hydrogen) atoms. The van der Waals surface area contributed by atoms with Crippen LogP contribution in [-0.2, 0) is 6.54 Å². The first-order chi connectivity index (χ1) is 10.2. The Morgan fingerprint density at radius 1 is 1.52 bits per heavy atom. The van der Waals surface area contributed by atoms with Crippen molar-refractivity contribution in [1.29, 1.82) is 0 Å². The van der Waals surface area contributed by atoms with Crippen molar-refractivity contribution in [2.75, 3.05) is 24.3 Å². The third kappa shape index (κ3) is 2.67. The smallest absolute Gasteiger partial charge is 0.276 e. The van der Waals surface area contributed by atoms with E-state index in [0.717, 1.165) is 19.5 Å². The molecule has 2 N–H and O–H groups in total. The summed E-state index contributed by atoms with van der Waals surface area (Å²) in [6, 6.07) is 3.94. The third-order valence-electron chi connectivity index (χ3n) is 3.28. The SMILES string of the molecule is COc1cc(F)ccc1NC(=O)c1cn2c(n1)NCCC2. The van der Waals surface area contributed by atoms with Crippen molar-refractivity contribution >= 4 is 17.5 Å². The molecule has 0 saturated heterocycles. The number of imidazole rings is 1. The lowest BCUT2D eigenvalue weighted by Gasteiger charge is -2.14. The fraction of sp³-hybridized carbons (Fsp3) is 0.286. The van der Waals surface area contributed by atoms with Gasteiger partial charge in [0.25, 0.3) is 5.91 Å². The van der Waals surface area contributed by atoms with E-state index in [9.17, 15) is 9.18 Å². The average molecular weight is 290 g/mol. The second kappa shape index (κ2) is 5.43. The molecule has 0 spiro atoms. The molecule has 0 fully saturated rings. The van der Waals surface area contributed by atoms with Crippen LogP contribution in [0, 0.1) is 5.82 Å². The van der Waals surface area contributed by atoms with Crippen LogP contribution in [0.3, 0.4) is 0 Å². The van der Waals surface area contributed by atoms with E-state index in [1.54, 1.807) is 6.20 Å². The Morgan fingerprint density at radius 2 is 2.38 bits per heavy atom. The Labute approximate surface area is 120 Å². The van der Waals surface area contributed by atoms with Crippen molar-refractivity contribution in [3.05, 3.63) is 35.9 Å². The lowest BCUT2D eigenvalue weighted by molar-refractivity contribution is 0.102. The van der Waals surface area contributed by atoms with E-state index < -0.39 is 5.82 Å². The van der Waals surface area contributed by atoms with E-state index in [1.807, 2.05) is 4.57 Å². The van der Waals surface area contributed by atoms with Gasteiger partial charge in [-0.1, -0.05) is 0 Å². The maximum atomic E-state index is 13.1. The normalized spacial score (nSPS) is 13.2. The predicted octanol–water partition coefficient (Wildman–Crippen LogP) is 2.10. The molecule has 1 aromatic carbocycles. The molecular formula is C14H15FN4O2. The minimum absolute atomic E-state index is 0.269. The fourth-order valence-corrected chi connectivity index (χ4v) is 2.24. The molecule has 0 aliphatic carbocycles. The summed E-state index contributed by atoms with van der Waals surface area (Å²) in [6.45, 7) is 1.69. The minimum Gasteiger partial charge on any atom is -0.494 e. The molecule has 0 bridgehead atoms. The van der Waals surface area contributed by atoms with Crippen LogP contribution in [-0.4, -0.2) is 29.1 Å². The number of aromatic nitrogens is 2. The summed E-state index contributed by atoms with van der Waals surface area (Å²) < 4.78 is 20.1. The molecule has 1 amide bonds. The minimum atomic E-state index is -0.425. The fourth-order valence-electron chi connectivity index (χ4n) is 2.24. The molecule has 2 heterocycles. The number of methoxy groups -OCH3 is 1. The van der Waals surface area contributed by atoms with E-state index in [1.165, 1.54) is 25.3 Å². The summed E-state index contributed by atoms with van der Waals surface area (Å²) in [4.78, 5) is 16.5. The van der Waals surface area contributed by atoms with Gasteiger partial charge in [0.15, 0.2) is 0 Å². The molecule has 6 nitrogen and oxygen atoms in total. The number of anilines is 2. The largest absolute Gasteiger partial charge is 0.494 e. The number of carbonyl (C=O) groups is 1. The molecule has 0 unspecified atom stereocenters. The second-order valence-corrected chi connectivity index (χ2v) is 4.72. The van der Waals surface area contributed by atoms with Crippen molar-refractivity contribution in [3.63, 3.8) is 0 Å². The number of carbonyl (C=O) groups excluding carboxylic acids is 1. The van der Waals surface area contributed by atoms with E-state index in [0.29, 0.717) is 17.3 Å². The summed E-state index contributed by atoms with van der Waals surface area (Å²) in [5.41, 5.74) is 0.716. The van der Waals surface area contributed by atoms with E-state index in [-0.39, 0.29) is 11.7 Å². The van der Waals surface area contributed by atoms with Crippen LogP contribution in [0.4, 0.5) is 16.0 Å². The Balaban J connectivity index is 1.81. The molecule has 110 valence electrons. The van der Waals surface area contributed by atoms with Crippen LogP contribution in [0.25, 0.3) is 0 Å². The Morgan fingerprint density at radius 3 is 3.14 bits per heavy atom. The number of hydrogen-bond acceptors (Lipinski definition) is 4. The number of nitrogens with zero attached hydrogens (tertiary/aromatic N) is 2. The average Bonchev–Trinajstić information content (AvgIpc) is 2.93. The lowest BCUT2D eigenvalue weighted by atomic mass is 10.2. The van der Waals surface area contributed by atoms with Crippen molar-refractivity contribution in [3.8, 4) is 5.75 Å². The number of fused-ring (bicyclic) bond motifs is 1. The number of benzene rings is 1. The number of hydrogen-bond donors (Lipinski definition) is 2. The van der Waals surface area contributed by atoms with Gasteiger partial charge in [-0.3, -0.25) is 4.79 Å². The summed E-state index contributed by atoms with van der Waals surface area (Å²) in [7, 11) is 1.42. The number of halogens is 1. The van der Waals surface area contributed by atoms with Gasteiger partial charge in [0.2, 0.25) is 5.95 Å². The van der Waals surface area contributed by atoms with Crippen LogP contribution in [0.15, 0.2) is 24.4 Å². The van der Waals surface area contributed by atoms with Crippen LogP contribution in [0.2, 0.25) is 0 Å². The van der Waals surface area contributed by atoms with E-state index in [4.69, 9.17) is 4.74 Å². The van der Waals surface area contributed by atoms with Gasteiger partial charge in [-0.05, 0) is 18.6 Å². The van der Waals surface area contributed by atoms with Crippen molar-refractivity contribution < 1.29 is 13.9 Å². The highest BCUT2D eigenvalue weighted by molar-refractivity contribution is 6.03. The summed E-state index contributed by atoms with van der Waals surface area (Å²) in [5.74, 6) is 0.179. The highest BCUT2D eigenvalue weighted by Gasteiger charge is 2.17. The molecule has 3 rings (SSSR count). The highest BCUT2D eigenvalue weighted by atomic mass is 19.1. The number of amides is 1. The molecule has 0 radical (unpaired) electrons. The molecule has 1 aromatic heterocycles. The molecular weight excluding hydrogens is 275 g/mol. The molecule has 2 aromatic rings. The highest BCUT2D eigenvalue weighted by Crippen LogP contribution is 2.25. The van der Waals surface area contributed by atoms with Crippen molar-refractivity contribution in [1.82, 2.24) is 9.55 Å². The standard InChI is InChI=1S/C14H15FN4O2/c1-21-12-7-9(15)3-4-10(12)17-13(20)11-8-19-6-2-5-16-14(19)18-11/h3-4,7-8H,2,5-6H2,1H3,(H,16,18)(H,17,20). The topological polar surface area (TPSA) is 68.2 Å². The molecule has 7 heteroatoms. The maximum absolute atomic E-state index is 13.1. The Hall–Kier alpha value is -2.57. The second-order valence-electron chi connectivity index (χ2n) is 4.72. The monoisotopic (exact) mass is 290 g/mol. The zero-order chi connectivity index (χ0) is 14.8. The number of aryl methyl sites for hydroxylation is 1. The zero-order valence-corrected chi connectivity index (χ0v) is 11.5. The van der Waals surface area contributed by atoms with Gasteiger partial charge in [-0.25, -0.2) is 9.37 Å². The predicted molar refractivity (Wildman–Crippen MR) is 76.2 cm³/mol. The van der Waals surface area contributed by atoms with Crippen LogP contribution in [0.5, 0.6) is 5.75 Å². The number of nitrogens with one attached hydrogen (secondary N) is 2.